The van der Waals surface area contributed by atoms with Crippen molar-refractivity contribution in [2.75, 3.05) is 6.54 Å². The van der Waals surface area contributed by atoms with Gasteiger partial charge in [-0.25, -0.2) is 4.39 Å². The molecule has 0 aliphatic carbocycles. The summed E-state index contributed by atoms with van der Waals surface area (Å²) in [4.78, 5) is 11.5. The van der Waals surface area contributed by atoms with E-state index in [0.717, 1.165) is 5.56 Å². The van der Waals surface area contributed by atoms with Crippen molar-refractivity contribution in [3.63, 3.8) is 0 Å². The Labute approximate surface area is 114 Å². The number of amides is 1. The maximum absolute atomic E-state index is 12.8. The Morgan fingerprint density at radius 1 is 1.20 bits per heavy atom. The number of benzene rings is 1. The molecule has 2 unspecified atom stereocenters. The van der Waals surface area contributed by atoms with Crippen molar-refractivity contribution < 1.29 is 22.4 Å². The van der Waals surface area contributed by atoms with E-state index in [0.29, 0.717) is 0 Å². The van der Waals surface area contributed by atoms with Gasteiger partial charge in [-0.15, -0.1) is 0 Å². The van der Waals surface area contributed by atoms with E-state index in [1.165, 1.54) is 19.1 Å². The maximum Gasteiger partial charge on any atom is 0.405 e. The summed E-state index contributed by atoms with van der Waals surface area (Å²) >= 11 is 0. The lowest BCUT2D eigenvalue weighted by atomic mass is 10.1. The summed E-state index contributed by atoms with van der Waals surface area (Å²) in [5.41, 5.74) is 0.738. The van der Waals surface area contributed by atoms with Gasteiger partial charge in [-0.1, -0.05) is 12.1 Å². The number of hydrogen-bond donors (Lipinski definition) is 2. The summed E-state index contributed by atoms with van der Waals surface area (Å²) in [7, 11) is 0. The molecule has 3 nitrogen and oxygen atoms in total. The Bertz CT molecular complexity index is 445. The molecule has 1 rings (SSSR count). The molecule has 1 amide bonds. The smallest absolute Gasteiger partial charge is 0.346 e. The van der Waals surface area contributed by atoms with Crippen molar-refractivity contribution in [2.45, 2.75) is 32.1 Å². The minimum atomic E-state index is -4.43. The molecule has 112 valence electrons. The van der Waals surface area contributed by atoms with Crippen LogP contribution in [0.2, 0.25) is 0 Å². The fraction of sp³-hybridized carbons (Fsp3) is 0.462. The van der Waals surface area contributed by atoms with Gasteiger partial charge in [0.05, 0.1) is 6.04 Å². The van der Waals surface area contributed by atoms with Crippen molar-refractivity contribution in [1.82, 2.24) is 10.6 Å². The van der Waals surface area contributed by atoms with E-state index in [2.05, 4.69) is 5.32 Å². The van der Waals surface area contributed by atoms with Crippen LogP contribution in [0.25, 0.3) is 0 Å². The molecule has 0 bridgehead atoms. The van der Waals surface area contributed by atoms with Crippen LogP contribution in [-0.4, -0.2) is 24.7 Å². The SMILES string of the molecule is CC(NC(C)c1ccc(F)cc1)C(=O)NCC(F)(F)F. The van der Waals surface area contributed by atoms with Gasteiger partial charge in [0, 0.05) is 6.04 Å². The molecular formula is C13H16F4N2O. The molecule has 0 heterocycles. The molecule has 20 heavy (non-hydrogen) atoms. The molecule has 7 heteroatoms. The summed E-state index contributed by atoms with van der Waals surface area (Å²) in [6.45, 7) is 1.84. The average molecular weight is 292 g/mol. The summed E-state index contributed by atoms with van der Waals surface area (Å²) in [6, 6.07) is 4.57. The van der Waals surface area contributed by atoms with Crippen molar-refractivity contribution in [2.24, 2.45) is 0 Å². The van der Waals surface area contributed by atoms with Crippen LogP contribution in [0.4, 0.5) is 17.6 Å². The Morgan fingerprint density at radius 3 is 2.25 bits per heavy atom. The van der Waals surface area contributed by atoms with Gasteiger partial charge in [0.25, 0.3) is 0 Å². The Hall–Kier alpha value is -1.63. The number of carbonyl (C=O) groups is 1. The molecule has 0 aromatic heterocycles. The second-order valence-corrected chi connectivity index (χ2v) is 4.49. The lowest BCUT2D eigenvalue weighted by Gasteiger charge is -2.20. The van der Waals surface area contributed by atoms with Crippen LogP contribution in [0.3, 0.4) is 0 Å². The Balaban J connectivity index is 2.50. The predicted molar refractivity (Wildman–Crippen MR) is 66.5 cm³/mol. The summed E-state index contributed by atoms with van der Waals surface area (Å²) < 4.78 is 48.7. The quantitative estimate of drug-likeness (QED) is 0.819. The third kappa shape index (κ3) is 5.56. The molecule has 1 aromatic carbocycles. The van der Waals surface area contributed by atoms with E-state index < -0.39 is 24.7 Å². The van der Waals surface area contributed by atoms with Crippen LogP contribution in [0.1, 0.15) is 25.5 Å². The normalized spacial score (nSPS) is 14.7. The maximum atomic E-state index is 12.8. The van der Waals surface area contributed by atoms with E-state index in [9.17, 15) is 22.4 Å². The van der Waals surface area contributed by atoms with Gasteiger partial charge >= 0.3 is 6.18 Å². The van der Waals surface area contributed by atoms with Gasteiger partial charge in [-0.3, -0.25) is 10.1 Å². The minimum absolute atomic E-state index is 0.290. The number of hydrogen-bond acceptors (Lipinski definition) is 2. The highest BCUT2D eigenvalue weighted by Gasteiger charge is 2.28. The molecule has 0 radical (unpaired) electrons. The fourth-order valence-electron chi connectivity index (χ4n) is 1.64. The monoisotopic (exact) mass is 292 g/mol. The van der Waals surface area contributed by atoms with Gasteiger partial charge in [-0.05, 0) is 31.5 Å². The first-order chi connectivity index (χ1) is 9.19. The lowest BCUT2D eigenvalue weighted by molar-refractivity contribution is -0.139. The number of nitrogens with one attached hydrogen (secondary N) is 2. The van der Waals surface area contributed by atoms with Crippen LogP contribution in [0.15, 0.2) is 24.3 Å². The van der Waals surface area contributed by atoms with Crippen LogP contribution in [-0.2, 0) is 4.79 Å². The van der Waals surface area contributed by atoms with Crippen LogP contribution in [0.5, 0.6) is 0 Å². The van der Waals surface area contributed by atoms with E-state index >= 15 is 0 Å². The number of halogens is 4. The van der Waals surface area contributed by atoms with Gasteiger partial charge in [0.1, 0.15) is 12.4 Å². The highest BCUT2D eigenvalue weighted by Crippen LogP contribution is 2.14. The van der Waals surface area contributed by atoms with Gasteiger partial charge in [-0.2, -0.15) is 13.2 Å². The molecule has 0 saturated carbocycles. The van der Waals surface area contributed by atoms with Crippen molar-refractivity contribution in [1.29, 1.82) is 0 Å². The molecule has 2 N–H and O–H groups in total. The zero-order valence-electron chi connectivity index (χ0n) is 11.1. The molecule has 0 saturated heterocycles. The third-order valence-corrected chi connectivity index (χ3v) is 2.73. The average Bonchev–Trinajstić information content (AvgIpc) is 2.35. The molecule has 0 aliphatic heterocycles. The highest BCUT2D eigenvalue weighted by molar-refractivity contribution is 5.81. The van der Waals surface area contributed by atoms with Crippen LogP contribution < -0.4 is 10.6 Å². The number of carbonyl (C=O) groups excluding carboxylic acids is 1. The Kier molecular flexibility index (Phi) is 5.50. The highest BCUT2D eigenvalue weighted by atomic mass is 19.4. The van der Waals surface area contributed by atoms with E-state index in [4.69, 9.17) is 0 Å². The van der Waals surface area contributed by atoms with E-state index in [1.807, 2.05) is 0 Å². The first-order valence-electron chi connectivity index (χ1n) is 6.05. The number of rotatable bonds is 5. The summed E-state index contributed by atoms with van der Waals surface area (Å²) in [5, 5.41) is 4.65. The molecule has 0 spiro atoms. The zero-order valence-corrected chi connectivity index (χ0v) is 11.1. The third-order valence-electron chi connectivity index (χ3n) is 2.73. The molecule has 2 atom stereocenters. The predicted octanol–water partition coefficient (Wildman–Crippen LogP) is 2.54. The molecule has 0 fully saturated rings. The van der Waals surface area contributed by atoms with Crippen molar-refractivity contribution >= 4 is 5.91 Å². The first-order valence-corrected chi connectivity index (χ1v) is 6.05. The second kappa shape index (κ2) is 6.69. The fourth-order valence-corrected chi connectivity index (χ4v) is 1.64. The van der Waals surface area contributed by atoms with Crippen LogP contribution >= 0.6 is 0 Å². The van der Waals surface area contributed by atoms with Gasteiger partial charge in [0.2, 0.25) is 5.91 Å². The van der Waals surface area contributed by atoms with Gasteiger partial charge < -0.3 is 5.32 Å². The van der Waals surface area contributed by atoms with Crippen molar-refractivity contribution in [3.8, 4) is 0 Å². The van der Waals surface area contributed by atoms with Gasteiger partial charge in [0.15, 0.2) is 0 Å². The van der Waals surface area contributed by atoms with E-state index in [1.54, 1.807) is 24.4 Å². The molecular weight excluding hydrogens is 276 g/mol. The Morgan fingerprint density at radius 2 is 1.75 bits per heavy atom. The van der Waals surface area contributed by atoms with Crippen molar-refractivity contribution in [3.05, 3.63) is 35.6 Å². The van der Waals surface area contributed by atoms with E-state index in [-0.39, 0.29) is 11.9 Å². The minimum Gasteiger partial charge on any atom is -0.346 e. The summed E-state index contributed by atoms with van der Waals surface area (Å²) in [6.07, 6.45) is -4.43. The van der Waals surface area contributed by atoms with Crippen LogP contribution in [0, 0.1) is 5.82 Å². The number of alkyl halides is 3. The molecule has 0 aliphatic rings. The lowest BCUT2D eigenvalue weighted by Crippen LogP contribution is -2.45. The zero-order chi connectivity index (χ0) is 15.3. The second-order valence-electron chi connectivity index (χ2n) is 4.49. The first kappa shape index (κ1) is 16.4. The topological polar surface area (TPSA) is 41.1 Å². The molecule has 1 aromatic rings. The summed E-state index contributed by atoms with van der Waals surface area (Å²) in [5.74, 6) is -1.12. The standard InChI is InChI=1S/C13H16F4N2O/c1-8(10-3-5-11(14)6-4-10)19-9(2)12(20)18-7-13(15,16)17/h3-6,8-9,19H,7H2,1-2H3,(H,18,20). The largest absolute Gasteiger partial charge is 0.405 e.